The maximum atomic E-state index is 12.1. The molecular weight excluding hydrogens is 304 g/mol. The summed E-state index contributed by atoms with van der Waals surface area (Å²) in [7, 11) is 1.65. The molecule has 1 heterocycles. The van der Waals surface area contributed by atoms with Crippen molar-refractivity contribution in [1.29, 1.82) is 0 Å². The Morgan fingerprint density at radius 3 is 2.67 bits per heavy atom. The standard InChI is InChI=1S/C18H22N4O2/c1-24-16-9-5-2-6-13(16)12-19-17-11-10-15(21-22-17)18(23)20-14-7-3-4-8-14/h2,5-6,9-11,14H,3-4,7-8,12H2,1H3,(H,19,22)(H,20,23). The molecule has 1 aliphatic rings. The number of para-hydroxylation sites is 1. The molecule has 3 rings (SSSR count). The number of hydrogen-bond donors (Lipinski definition) is 2. The predicted octanol–water partition coefficient (Wildman–Crippen LogP) is 2.77. The van der Waals surface area contributed by atoms with Crippen LogP contribution in [-0.2, 0) is 6.54 Å². The Kier molecular flexibility index (Phi) is 5.25. The maximum absolute atomic E-state index is 12.1. The summed E-state index contributed by atoms with van der Waals surface area (Å²) in [6.07, 6.45) is 4.47. The van der Waals surface area contributed by atoms with Gasteiger partial charge in [0.05, 0.1) is 7.11 Å². The lowest BCUT2D eigenvalue weighted by molar-refractivity contribution is 0.0932. The lowest BCUT2D eigenvalue weighted by atomic mass is 10.2. The van der Waals surface area contributed by atoms with Gasteiger partial charge in [0.1, 0.15) is 11.6 Å². The Morgan fingerprint density at radius 1 is 1.17 bits per heavy atom. The average molecular weight is 326 g/mol. The number of ether oxygens (including phenoxy) is 1. The molecule has 2 N–H and O–H groups in total. The highest BCUT2D eigenvalue weighted by molar-refractivity contribution is 5.92. The van der Waals surface area contributed by atoms with E-state index in [1.807, 2.05) is 24.3 Å². The van der Waals surface area contributed by atoms with Gasteiger partial charge in [-0.2, -0.15) is 0 Å². The van der Waals surface area contributed by atoms with E-state index < -0.39 is 0 Å². The molecule has 0 atom stereocenters. The van der Waals surface area contributed by atoms with Crippen LogP contribution in [0.2, 0.25) is 0 Å². The van der Waals surface area contributed by atoms with Gasteiger partial charge in [0, 0.05) is 18.2 Å². The van der Waals surface area contributed by atoms with Gasteiger partial charge >= 0.3 is 0 Å². The van der Waals surface area contributed by atoms with Gasteiger partial charge in [-0.1, -0.05) is 31.0 Å². The normalized spacial score (nSPS) is 14.4. The van der Waals surface area contributed by atoms with Crippen LogP contribution in [0.15, 0.2) is 36.4 Å². The summed E-state index contributed by atoms with van der Waals surface area (Å²) in [4.78, 5) is 12.1. The van der Waals surface area contributed by atoms with Gasteiger partial charge in [-0.25, -0.2) is 0 Å². The molecule has 0 bridgehead atoms. The Morgan fingerprint density at radius 2 is 1.96 bits per heavy atom. The first-order valence-corrected chi connectivity index (χ1v) is 8.26. The molecule has 24 heavy (non-hydrogen) atoms. The first-order chi connectivity index (χ1) is 11.8. The van der Waals surface area contributed by atoms with E-state index in [9.17, 15) is 4.79 Å². The highest BCUT2D eigenvalue weighted by Crippen LogP contribution is 2.19. The topological polar surface area (TPSA) is 76.1 Å². The smallest absolute Gasteiger partial charge is 0.272 e. The van der Waals surface area contributed by atoms with Crippen molar-refractivity contribution in [3.63, 3.8) is 0 Å². The van der Waals surface area contributed by atoms with Crippen LogP contribution in [0.3, 0.4) is 0 Å². The molecular formula is C18H22N4O2. The largest absolute Gasteiger partial charge is 0.496 e. The fourth-order valence-corrected chi connectivity index (χ4v) is 2.91. The number of carbonyl (C=O) groups excluding carboxylic acids is 1. The van der Waals surface area contributed by atoms with Gasteiger partial charge in [-0.15, -0.1) is 10.2 Å². The lowest BCUT2D eigenvalue weighted by Gasteiger charge is -2.11. The fourth-order valence-electron chi connectivity index (χ4n) is 2.91. The second-order valence-corrected chi connectivity index (χ2v) is 5.92. The molecule has 1 aromatic heterocycles. The third-order valence-corrected chi connectivity index (χ3v) is 4.24. The van der Waals surface area contributed by atoms with Crippen molar-refractivity contribution >= 4 is 11.7 Å². The second-order valence-electron chi connectivity index (χ2n) is 5.92. The van der Waals surface area contributed by atoms with E-state index in [4.69, 9.17) is 4.74 Å². The van der Waals surface area contributed by atoms with E-state index in [1.165, 1.54) is 12.8 Å². The Balaban J connectivity index is 1.57. The summed E-state index contributed by atoms with van der Waals surface area (Å²) >= 11 is 0. The molecule has 0 spiro atoms. The molecule has 0 radical (unpaired) electrons. The van der Waals surface area contributed by atoms with E-state index >= 15 is 0 Å². The molecule has 0 saturated heterocycles. The number of hydrogen-bond acceptors (Lipinski definition) is 5. The molecule has 1 saturated carbocycles. The van der Waals surface area contributed by atoms with Crippen molar-refractivity contribution in [2.45, 2.75) is 38.3 Å². The minimum atomic E-state index is -0.148. The number of amides is 1. The Bertz CT molecular complexity index is 682. The minimum absolute atomic E-state index is 0.148. The molecule has 0 aliphatic heterocycles. The number of anilines is 1. The SMILES string of the molecule is COc1ccccc1CNc1ccc(C(=O)NC2CCCC2)nn1. The third-order valence-electron chi connectivity index (χ3n) is 4.24. The van der Waals surface area contributed by atoms with Gasteiger partial charge in [0.25, 0.3) is 5.91 Å². The molecule has 1 aliphatic carbocycles. The van der Waals surface area contributed by atoms with Crippen LogP contribution in [0.25, 0.3) is 0 Å². The van der Waals surface area contributed by atoms with Crippen LogP contribution >= 0.6 is 0 Å². The van der Waals surface area contributed by atoms with Crippen molar-refractivity contribution in [2.24, 2.45) is 0 Å². The first kappa shape index (κ1) is 16.2. The fraction of sp³-hybridized carbons (Fsp3) is 0.389. The van der Waals surface area contributed by atoms with Crippen LogP contribution in [0.4, 0.5) is 5.82 Å². The van der Waals surface area contributed by atoms with Gasteiger partial charge < -0.3 is 15.4 Å². The van der Waals surface area contributed by atoms with Gasteiger partial charge in [0.15, 0.2) is 5.69 Å². The number of nitrogens with zero attached hydrogens (tertiary/aromatic N) is 2. The molecule has 126 valence electrons. The number of benzene rings is 1. The van der Waals surface area contributed by atoms with E-state index in [0.29, 0.717) is 18.1 Å². The van der Waals surface area contributed by atoms with Gasteiger partial charge in [-0.3, -0.25) is 4.79 Å². The van der Waals surface area contributed by atoms with Crippen LogP contribution in [0.1, 0.15) is 41.7 Å². The van der Waals surface area contributed by atoms with E-state index in [2.05, 4.69) is 20.8 Å². The monoisotopic (exact) mass is 326 g/mol. The number of carbonyl (C=O) groups is 1. The first-order valence-electron chi connectivity index (χ1n) is 8.26. The number of aromatic nitrogens is 2. The van der Waals surface area contributed by atoms with Crippen LogP contribution < -0.4 is 15.4 Å². The number of methoxy groups -OCH3 is 1. The molecule has 6 nitrogen and oxygen atoms in total. The van der Waals surface area contributed by atoms with Crippen LogP contribution in [0, 0.1) is 0 Å². The van der Waals surface area contributed by atoms with Crippen molar-refractivity contribution < 1.29 is 9.53 Å². The summed E-state index contributed by atoms with van der Waals surface area (Å²) in [6.45, 7) is 0.576. The van der Waals surface area contributed by atoms with Crippen LogP contribution in [-0.4, -0.2) is 29.3 Å². The van der Waals surface area contributed by atoms with E-state index in [1.54, 1.807) is 19.2 Å². The number of nitrogens with one attached hydrogen (secondary N) is 2. The number of rotatable bonds is 6. The summed E-state index contributed by atoms with van der Waals surface area (Å²) in [5.74, 6) is 1.30. The average Bonchev–Trinajstić information content (AvgIpc) is 3.13. The van der Waals surface area contributed by atoms with E-state index in [-0.39, 0.29) is 11.9 Å². The summed E-state index contributed by atoms with van der Waals surface area (Å²) in [6, 6.07) is 11.5. The highest BCUT2D eigenvalue weighted by atomic mass is 16.5. The maximum Gasteiger partial charge on any atom is 0.272 e. The predicted molar refractivity (Wildman–Crippen MR) is 92.1 cm³/mol. The molecule has 0 unspecified atom stereocenters. The molecule has 1 aromatic carbocycles. The summed E-state index contributed by atoms with van der Waals surface area (Å²) in [5.41, 5.74) is 1.38. The van der Waals surface area contributed by atoms with Crippen molar-refractivity contribution in [1.82, 2.24) is 15.5 Å². The van der Waals surface area contributed by atoms with Gasteiger partial charge in [-0.05, 0) is 31.0 Å². The summed E-state index contributed by atoms with van der Waals surface area (Å²) < 4.78 is 5.32. The minimum Gasteiger partial charge on any atom is -0.496 e. The van der Waals surface area contributed by atoms with E-state index in [0.717, 1.165) is 24.2 Å². The van der Waals surface area contributed by atoms with Crippen molar-refractivity contribution in [3.8, 4) is 5.75 Å². The quantitative estimate of drug-likeness (QED) is 0.853. The third kappa shape index (κ3) is 4.01. The zero-order valence-electron chi connectivity index (χ0n) is 13.8. The Hall–Kier alpha value is -2.63. The second kappa shape index (κ2) is 7.77. The molecule has 1 amide bonds. The molecule has 6 heteroatoms. The van der Waals surface area contributed by atoms with Crippen LogP contribution in [0.5, 0.6) is 5.75 Å². The zero-order valence-corrected chi connectivity index (χ0v) is 13.8. The zero-order chi connectivity index (χ0) is 16.8. The lowest BCUT2D eigenvalue weighted by Crippen LogP contribution is -2.33. The highest BCUT2D eigenvalue weighted by Gasteiger charge is 2.18. The van der Waals surface area contributed by atoms with Crippen molar-refractivity contribution in [3.05, 3.63) is 47.7 Å². The van der Waals surface area contributed by atoms with Crippen molar-refractivity contribution in [2.75, 3.05) is 12.4 Å². The summed E-state index contributed by atoms with van der Waals surface area (Å²) in [5, 5.41) is 14.3. The van der Waals surface area contributed by atoms with Gasteiger partial charge in [0.2, 0.25) is 0 Å². The molecule has 2 aromatic rings. The Labute approximate surface area is 141 Å². The molecule has 1 fully saturated rings.